The van der Waals surface area contributed by atoms with Crippen molar-refractivity contribution in [1.82, 2.24) is 9.97 Å². The van der Waals surface area contributed by atoms with Gasteiger partial charge in [-0.2, -0.15) is 0 Å². The van der Waals surface area contributed by atoms with Gasteiger partial charge in [0.25, 0.3) is 0 Å². The number of thiazole rings is 2. The minimum Gasteiger partial charge on any atom is -0.463 e. The molecule has 0 aliphatic rings. The normalized spacial score (nSPS) is 11.0. The number of aryl methyl sites for hydroxylation is 2. The van der Waals surface area contributed by atoms with Gasteiger partial charge in [0.2, 0.25) is 5.91 Å². The molecule has 3 heterocycles. The Labute approximate surface area is 181 Å². The summed E-state index contributed by atoms with van der Waals surface area (Å²) < 4.78 is 6.30. The molecule has 0 aliphatic heterocycles. The Morgan fingerprint density at radius 3 is 2.90 bits per heavy atom. The summed E-state index contributed by atoms with van der Waals surface area (Å²) in [6.07, 6.45) is 1.83. The van der Waals surface area contributed by atoms with E-state index in [4.69, 9.17) is 4.42 Å². The van der Waals surface area contributed by atoms with Crippen molar-refractivity contribution in [3.63, 3.8) is 0 Å². The lowest BCUT2D eigenvalue weighted by Crippen LogP contribution is -2.14. The van der Waals surface area contributed by atoms with E-state index in [1.165, 1.54) is 28.0 Å². The van der Waals surface area contributed by atoms with Crippen LogP contribution in [0.5, 0.6) is 0 Å². The number of hydrogen-bond acceptors (Lipinski definition) is 7. The van der Waals surface area contributed by atoms with Crippen molar-refractivity contribution in [2.24, 2.45) is 0 Å². The van der Waals surface area contributed by atoms with Crippen molar-refractivity contribution in [3.8, 4) is 11.5 Å². The van der Waals surface area contributed by atoms with Crippen LogP contribution in [0.1, 0.15) is 22.4 Å². The maximum Gasteiger partial charge on any atom is 0.232 e. The predicted molar refractivity (Wildman–Crippen MR) is 120 cm³/mol. The van der Waals surface area contributed by atoms with Gasteiger partial charge in [0.15, 0.2) is 10.9 Å². The molecule has 5 nitrogen and oxygen atoms in total. The van der Waals surface area contributed by atoms with Crippen molar-refractivity contribution in [3.05, 3.63) is 69.7 Å². The molecule has 8 heteroatoms. The van der Waals surface area contributed by atoms with Gasteiger partial charge in [0.05, 0.1) is 18.4 Å². The average Bonchev–Trinajstić information content (AvgIpc) is 3.44. The highest BCUT2D eigenvalue weighted by Gasteiger charge is 2.12. The van der Waals surface area contributed by atoms with Crippen molar-refractivity contribution in [2.45, 2.75) is 30.4 Å². The first kappa shape index (κ1) is 19.9. The van der Waals surface area contributed by atoms with Crippen molar-refractivity contribution in [1.29, 1.82) is 0 Å². The van der Waals surface area contributed by atoms with Crippen LogP contribution < -0.4 is 5.32 Å². The third kappa shape index (κ3) is 5.14. The maximum absolute atomic E-state index is 12.3. The summed E-state index contributed by atoms with van der Waals surface area (Å²) in [4.78, 5) is 21.3. The monoisotopic (exact) mass is 441 g/mol. The van der Waals surface area contributed by atoms with Gasteiger partial charge in [-0.25, -0.2) is 9.97 Å². The van der Waals surface area contributed by atoms with Gasteiger partial charge in [-0.1, -0.05) is 35.5 Å². The summed E-state index contributed by atoms with van der Waals surface area (Å²) in [7, 11) is 0. The fourth-order valence-corrected chi connectivity index (χ4v) is 5.35. The Morgan fingerprint density at radius 1 is 1.17 bits per heavy atom. The van der Waals surface area contributed by atoms with Crippen LogP contribution in [0.3, 0.4) is 0 Å². The number of thioether (sulfide) groups is 1. The number of aromatic nitrogens is 2. The molecule has 0 atom stereocenters. The zero-order valence-electron chi connectivity index (χ0n) is 16.0. The molecular formula is C21H19N3O2S3. The second-order valence-electron chi connectivity index (χ2n) is 6.56. The number of benzene rings is 1. The van der Waals surface area contributed by atoms with E-state index in [-0.39, 0.29) is 12.3 Å². The molecule has 0 radical (unpaired) electrons. The zero-order valence-corrected chi connectivity index (χ0v) is 18.4. The Balaban J connectivity index is 1.31. The first-order chi connectivity index (χ1) is 14.1. The molecule has 0 bridgehead atoms. The minimum atomic E-state index is -0.123. The summed E-state index contributed by atoms with van der Waals surface area (Å²) in [5.41, 5.74) is 5.37. The molecule has 29 heavy (non-hydrogen) atoms. The van der Waals surface area contributed by atoms with Crippen LogP contribution in [0.15, 0.2) is 56.1 Å². The lowest BCUT2D eigenvalue weighted by Gasteiger charge is -2.05. The number of hydrogen-bond donors (Lipinski definition) is 1. The number of carbonyl (C=O) groups is 1. The molecule has 0 saturated carbocycles. The highest BCUT2D eigenvalue weighted by molar-refractivity contribution is 8.00. The Hall–Kier alpha value is -2.42. The van der Waals surface area contributed by atoms with E-state index >= 15 is 0 Å². The molecule has 0 spiro atoms. The molecule has 4 rings (SSSR count). The van der Waals surface area contributed by atoms with E-state index in [2.05, 4.69) is 47.3 Å². The molecule has 3 aromatic heterocycles. The van der Waals surface area contributed by atoms with E-state index in [0.29, 0.717) is 16.6 Å². The van der Waals surface area contributed by atoms with Crippen LogP contribution in [-0.4, -0.2) is 15.9 Å². The first-order valence-electron chi connectivity index (χ1n) is 8.99. The van der Waals surface area contributed by atoms with Crippen LogP contribution in [0, 0.1) is 13.8 Å². The molecule has 4 aromatic rings. The maximum atomic E-state index is 12.3. The van der Waals surface area contributed by atoms with Gasteiger partial charge in [0.1, 0.15) is 10.0 Å². The number of furan rings is 1. The summed E-state index contributed by atoms with van der Waals surface area (Å²) in [6, 6.07) is 10.1. The fraction of sp³-hybridized carbons (Fsp3) is 0.190. The summed E-state index contributed by atoms with van der Waals surface area (Å²) in [5.74, 6) is 1.44. The van der Waals surface area contributed by atoms with E-state index in [0.717, 1.165) is 15.8 Å². The van der Waals surface area contributed by atoms with Crippen LogP contribution in [0.25, 0.3) is 11.5 Å². The van der Waals surface area contributed by atoms with E-state index in [1.54, 1.807) is 29.4 Å². The van der Waals surface area contributed by atoms with Gasteiger partial charge in [-0.15, -0.1) is 22.7 Å². The largest absolute Gasteiger partial charge is 0.463 e. The van der Waals surface area contributed by atoms with Gasteiger partial charge >= 0.3 is 0 Å². The van der Waals surface area contributed by atoms with Crippen molar-refractivity contribution >= 4 is 45.5 Å². The Morgan fingerprint density at radius 2 is 2.07 bits per heavy atom. The second kappa shape index (κ2) is 8.94. The van der Waals surface area contributed by atoms with Crippen LogP contribution >= 0.6 is 34.4 Å². The number of rotatable bonds is 7. The number of nitrogens with zero attached hydrogens (tertiary/aromatic N) is 2. The van der Waals surface area contributed by atoms with Crippen LogP contribution in [0.2, 0.25) is 0 Å². The molecule has 0 fully saturated rings. The Bertz CT molecular complexity index is 1120. The molecule has 0 unspecified atom stereocenters. The van der Waals surface area contributed by atoms with Gasteiger partial charge in [0, 0.05) is 16.5 Å². The van der Waals surface area contributed by atoms with Crippen LogP contribution in [0.4, 0.5) is 5.13 Å². The molecule has 148 valence electrons. The molecule has 1 aromatic carbocycles. The average molecular weight is 442 g/mol. The molecule has 1 amide bonds. The molecule has 0 aliphatic carbocycles. The van der Waals surface area contributed by atoms with E-state index < -0.39 is 0 Å². The quantitative estimate of drug-likeness (QED) is 0.359. The van der Waals surface area contributed by atoms with Gasteiger partial charge in [-0.3, -0.25) is 4.79 Å². The standard InChI is InChI=1S/C21H19N3O2S3/c1-13-5-6-14(2)15(8-13)10-28-21-22-16(11-29-21)9-19(25)24-20-23-17(12-27-20)18-4-3-7-26-18/h3-8,11-12H,9-10H2,1-2H3,(H,23,24,25). The lowest BCUT2D eigenvalue weighted by atomic mass is 10.1. The number of amides is 1. The SMILES string of the molecule is Cc1ccc(C)c(CSc2nc(CC(=O)Nc3nc(-c4ccco4)cs3)cs2)c1. The minimum absolute atomic E-state index is 0.123. The van der Waals surface area contributed by atoms with Crippen LogP contribution in [-0.2, 0) is 17.0 Å². The van der Waals surface area contributed by atoms with E-state index in [1.807, 2.05) is 22.9 Å². The van der Waals surface area contributed by atoms with Gasteiger partial charge < -0.3 is 9.73 Å². The number of nitrogens with one attached hydrogen (secondary N) is 1. The second-order valence-corrected chi connectivity index (χ2v) is 9.50. The summed E-state index contributed by atoms with van der Waals surface area (Å²) in [6.45, 7) is 4.23. The Kier molecular flexibility index (Phi) is 6.13. The smallest absolute Gasteiger partial charge is 0.232 e. The third-order valence-electron chi connectivity index (χ3n) is 4.25. The highest BCUT2D eigenvalue weighted by atomic mass is 32.2. The first-order valence-corrected chi connectivity index (χ1v) is 11.7. The predicted octanol–water partition coefficient (Wildman–Crippen LogP) is 5.95. The van der Waals surface area contributed by atoms with Crippen molar-refractivity contribution in [2.75, 3.05) is 5.32 Å². The van der Waals surface area contributed by atoms with Crippen molar-refractivity contribution < 1.29 is 9.21 Å². The molecular weight excluding hydrogens is 422 g/mol. The zero-order chi connectivity index (χ0) is 20.2. The number of anilines is 1. The highest BCUT2D eigenvalue weighted by Crippen LogP contribution is 2.28. The summed E-state index contributed by atoms with van der Waals surface area (Å²) >= 11 is 4.66. The molecule has 0 saturated heterocycles. The topological polar surface area (TPSA) is 68.0 Å². The number of carbonyl (C=O) groups excluding carboxylic acids is 1. The summed E-state index contributed by atoms with van der Waals surface area (Å²) in [5, 5.41) is 7.20. The van der Waals surface area contributed by atoms with E-state index in [9.17, 15) is 4.79 Å². The fourth-order valence-electron chi connectivity index (χ4n) is 2.73. The van der Waals surface area contributed by atoms with Gasteiger partial charge in [-0.05, 0) is 37.1 Å². The third-order valence-corrected chi connectivity index (χ3v) is 7.13. The lowest BCUT2D eigenvalue weighted by molar-refractivity contribution is -0.115. The molecule has 1 N–H and O–H groups in total.